The van der Waals surface area contributed by atoms with Crippen LogP contribution >= 0.6 is 27.5 Å². The summed E-state index contributed by atoms with van der Waals surface area (Å²) in [4.78, 5) is 12.1. The van der Waals surface area contributed by atoms with E-state index in [1.807, 2.05) is 30.3 Å². The molecule has 19 heavy (non-hydrogen) atoms. The molecule has 1 atom stereocenters. The van der Waals surface area contributed by atoms with Crippen LogP contribution in [0.5, 0.6) is 0 Å². The first-order valence-electron chi connectivity index (χ1n) is 5.90. The molecule has 1 N–H and O–H groups in total. The third-order valence-corrected chi connectivity index (χ3v) is 3.90. The van der Waals surface area contributed by atoms with E-state index in [2.05, 4.69) is 21.2 Å². The monoisotopic (exact) mass is 337 g/mol. The highest BCUT2D eigenvalue weighted by Crippen LogP contribution is 2.21. The van der Waals surface area contributed by atoms with Gasteiger partial charge in [0.1, 0.15) is 0 Å². The molecular formula is C15H13BrClNO. The standard InChI is InChI=1S/C15H13BrClNO/c16-13(11-6-2-1-3-7-11)10-18-15(19)12-8-4-5-9-14(12)17/h1-9,13H,10H2,(H,18,19). The van der Waals surface area contributed by atoms with Crippen molar-refractivity contribution in [2.24, 2.45) is 0 Å². The van der Waals surface area contributed by atoms with Crippen molar-refractivity contribution >= 4 is 33.4 Å². The molecular weight excluding hydrogens is 326 g/mol. The predicted molar refractivity (Wildman–Crippen MR) is 81.9 cm³/mol. The van der Waals surface area contributed by atoms with E-state index in [9.17, 15) is 4.79 Å². The van der Waals surface area contributed by atoms with Crippen LogP contribution in [0.15, 0.2) is 54.6 Å². The minimum Gasteiger partial charge on any atom is -0.351 e. The average molecular weight is 339 g/mol. The molecule has 2 nitrogen and oxygen atoms in total. The average Bonchev–Trinajstić information content (AvgIpc) is 2.46. The fraction of sp³-hybridized carbons (Fsp3) is 0.133. The number of hydrogen-bond acceptors (Lipinski definition) is 1. The lowest BCUT2D eigenvalue weighted by Gasteiger charge is -2.12. The minimum atomic E-state index is -0.161. The first-order chi connectivity index (χ1) is 9.18. The number of carbonyl (C=O) groups is 1. The van der Waals surface area contributed by atoms with Crippen molar-refractivity contribution in [1.29, 1.82) is 0 Å². The smallest absolute Gasteiger partial charge is 0.252 e. The fourth-order valence-electron chi connectivity index (χ4n) is 1.70. The van der Waals surface area contributed by atoms with Crippen LogP contribution in [0, 0.1) is 0 Å². The summed E-state index contributed by atoms with van der Waals surface area (Å²) in [7, 11) is 0. The van der Waals surface area contributed by atoms with Gasteiger partial charge in [0.2, 0.25) is 0 Å². The van der Waals surface area contributed by atoms with Crippen molar-refractivity contribution in [3.05, 3.63) is 70.7 Å². The Morgan fingerprint density at radius 1 is 1.11 bits per heavy atom. The van der Waals surface area contributed by atoms with Gasteiger partial charge in [-0.05, 0) is 17.7 Å². The van der Waals surface area contributed by atoms with Gasteiger partial charge in [-0.3, -0.25) is 4.79 Å². The van der Waals surface area contributed by atoms with Gasteiger partial charge in [-0.15, -0.1) is 0 Å². The van der Waals surface area contributed by atoms with E-state index in [-0.39, 0.29) is 10.7 Å². The van der Waals surface area contributed by atoms with Crippen LogP contribution in [0.1, 0.15) is 20.7 Å². The van der Waals surface area contributed by atoms with Crippen molar-refractivity contribution < 1.29 is 4.79 Å². The summed E-state index contributed by atoms with van der Waals surface area (Å²) in [6, 6.07) is 17.0. The Hall–Kier alpha value is -1.32. The van der Waals surface area contributed by atoms with Crippen molar-refractivity contribution in [1.82, 2.24) is 5.32 Å². The molecule has 2 aromatic rings. The summed E-state index contributed by atoms with van der Waals surface area (Å²) < 4.78 is 0. The van der Waals surface area contributed by atoms with E-state index in [4.69, 9.17) is 11.6 Å². The van der Waals surface area contributed by atoms with Gasteiger partial charge in [0.15, 0.2) is 0 Å². The number of benzene rings is 2. The van der Waals surface area contributed by atoms with Crippen molar-refractivity contribution in [3.8, 4) is 0 Å². The molecule has 0 aromatic heterocycles. The SMILES string of the molecule is O=C(NCC(Br)c1ccccc1)c1ccccc1Cl. The van der Waals surface area contributed by atoms with Gasteiger partial charge in [-0.2, -0.15) is 0 Å². The highest BCUT2D eigenvalue weighted by Gasteiger charge is 2.12. The second-order valence-corrected chi connectivity index (χ2v) is 5.58. The maximum Gasteiger partial charge on any atom is 0.252 e. The molecule has 0 spiro atoms. The van der Waals surface area contributed by atoms with Crippen LogP contribution in [0.4, 0.5) is 0 Å². The van der Waals surface area contributed by atoms with Crippen molar-refractivity contribution in [2.75, 3.05) is 6.54 Å². The normalized spacial score (nSPS) is 11.9. The van der Waals surface area contributed by atoms with E-state index in [0.717, 1.165) is 5.56 Å². The summed E-state index contributed by atoms with van der Waals surface area (Å²) in [6.07, 6.45) is 0. The Bertz CT molecular complexity index is 559. The number of hydrogen-bond donors (Lipinski definition) is 1. The molecule has 0 aliphatic rings. The Balaban J connectivity index is 1.96. The lowest BCUT2D eigenvalue weighted by atomic mass is 10.1. The zero-order valence-corrected chi connectivity index (χ0v) is 12.5. The number of alkyl halides is 1. The number of carbonyl (C=O) groups excluding carboxylic acids is 1. The van der Waals surface area contributed by atoms with Gasteiger partial charge in [-0.1, -0.05) is 70.0 Å². The van der Waals surface area contributed by atoms with Crippen LogP contribution in [0.2, 0.25) is 5.02 Å². The maximum absolute atomic E-state index is 12.0. The molecule has 4 heteroatoms. The lowest BCUT2D eigenvalue weighted by Crippen LogP contribution is -2.26. The summed E-state index contributed by atoms with van der Waals surface area (Å²) in [5.41, 5.74) is 1.62. The van der Waals surface area contributed by atoms with Crippen molar-refractivity contribution in [3.63, 3.8) is 0 Å². The highest BCUT2D eigenvalue weighted by molar-refractivity contribution is 9.09. The number of halogens is 2. The molecule has 0 bridgehead atoms. The van der Waals surface area contributed by atoms with E-state index in [1.54, 1.807) is 24.3 Å². The van der Waals surface area contributed by atoms with Crippen LogP contribution in [-0.4, -0.2) is 12.5 Å². The quantitative estimate of drug-likeness (QED) is 0.832. The third kappa shape index (κ3) is 3.82. The molecule has 0 heterocycles. The van der Waals surface area contributed by atoms with Gasteiger partial charge in [0.05, 0.1) is 15.4 Å². The minimum absolute atomic E-state index is 0.0835. The van der Waals surface area contributed by atoms with Gasteiger partial charge in [0, 0.05) is 6.54 Å². The second-order valence-electron chi connectivity index (χ2n) is 4.07. The van der Waals surface area contributed by atoms with Crippen LogP contribution < -0.4 is 5.32 Å². The Morgan fingerprint density at radius 2 is 1.74 bits per heavy atom. The van der Waals surface area contributed by atoms with Crippen LogP contribution in [0.3, 0.4) is 0 Å². The fourth-order valence-corrected chi connectivity index (χ4v) is 2.39. The first-order valence-corrected chi connectivity index (χ1v) is 7.19. The summed E-state index contributed by atoms with van der Waals surface area (Å²) >= 11 is 9.54. The molecule has 1 amide bonds. The van der Waals surface area contributed by atoms with E-state index in [0.29, 0.717) is 17.1 Å². The molecule has 0 radical (unpaired) electrons. The molecule has 0 fully saturated rings. The largest absolute Gasteiger partial charge is 0.351 e. The molecule has 0 saturated heterocycles. The first kappa shape index (κ1) is 14.1. The molecule has 1 unspecified atom stereocenters. The predicted octanol–water partition coefficient (Wildman–Crippen LogP) is 4.21. The van der Waals surface area contributed by atoms with E-state index < -0.39 is 0 Å². The Kier molecular flexibility index (Phi) is 5.00. The number of rotatable bonds is 4. The topological polar surface area (TPSA) is 29.1 Å². The summed E-state index contributed by atoms with van der Waals surface area (Å²) in [5.74, 6) is -0.161. The van der Waals surface area contributed by atoms with Gasteiger partial charge >= 0.3 is 0 Å². The van der Waals surface area contributed by atoms with Gasteiger partial charge in [0.25, 0.3) is 5.91 Å². The zero-order valence-electron chi connectivity index (χ0n) is 10.1. The Labute approximate surface area is 125 Å². The van der Waals surface area contributed by atoms with Gasteiger partial charge in [-0.25, -0.2) is 0 Å². The third-order valence-electron chi connectivity index (χ3n) is 2.72. The lowest BCUT2D eigenvalue weighted by molar-refractivity contribution is 0.0954. The molecule has 0 aliphatic heterocycles. The van der Waals surface area contributed by atoms with Crippen LogP contribution in [0.25, 0.3) is 0 Å². The van der Waals surface area contributed by atoms with E-state index in [1.165, 1.54) is 0 Å². The van der Waals surface area contributed by atoms with Crippen molar-refractivity contribution in [2.45, 2.75) is 4.83 Å². The highest BCUT2D eigenvalue weighted by atomic mass is 79.9. The summed E-state index contributed by atoms with van der Waals surface area (Å²) in [6.45, 7) is 0.508. The van der Waals surface area contributed by atoms with Gasteiger partial charge < -0.3 is 5.32 Å². The Morgan fingerprint density at radius 3 is 2.42 bits per heavy atom. The molecule has 2 rings (SSSR count). The summed E-state index contributed by atoms with van der Waals surface area (Å²) in [5, 5.41) is 3.33. The molecule has 2 aromatic carbocycles. The molecule has 0 aliphatic carbocycles. The van der Waals surface area contributed by atoms with Crippen LogP contribution in [-0.2, 0) is 0 Å². The second kappa shape index (κ2) is 6.73. The maximum atomic E-state index is 12.0. The number of amides is 1. The number of nitrogens with one attached hydrogen (secondary N) is 1. The van der Waals surface area contributed by atoms with E-state index >= 15 is 0 Å². The molecule has 98 valence electrons. The molecule has 0 saturated carbocycles. The zero-order chi connectivity index (χ0) is 13.7.